The number of rotatable bonds is 8. The van der Waals surface area contributed by atoms with E-state index < -0.39 is 11.7 Å². The van der Waals surface area contributed by atoms with Gasteiger partial charge in [-0.15, -0.1) is 0 Å². The Morgan fingerprint density at radius 3 is 2.65 bits per heavy atom. The third-order valence-corrected chi connectivity index (χ3v) is 5.98. The van der Waals surface area contributed by atoms with E-state index in [0.717, 1.165) is 33.8 Å². The smallest absolute Gasteiger partial charge is 0.435 e. The largest absolute Gasteiger partial charge is 0.486 e. The Hall–Kier alpha value is -4.57. The second-order valence-corrected chi connectivity index (χ2v) is 10.3. The standard InChI is InChI=1S/C30H33N5O5/c1-30(2,3)40-29(36)35-19-21(18-32-35)17-31-16-20-7-5-8-22(15-20)33-25-12-11-24(34-28(25)37-4)23-9-6-10-26-27(23)39-14-13-38-26/h5-12,15,18-19,31,33H,13-14,16-17H2,1-4H3. The minimum Gasteiger partial charge on any atom is -0.486 e. The van der Waals surface area contributed by atoms with Crippen molar-refractivity contribution in [2.75, 3.05) is 25.6 Å². The highest BCUT2D eigenvalue weighted by Crippen LogP contribution is 2.40. The van der Waals surface area contributed by atoms with Crippen molar-refractivity contribution in [3.8, 4) is 28.6 Å². The number of carbonyl (C=O) groups is 1. The minimum atomic E-state index is -0.575. The van der Waals surface area contributed by atoms with Gasteiger partial charge in [0.2, 0.25) is 5.88 Å². The second kappa shape index (κ2) is 11.7. The maximum absolute atomic E-state index is 12.2. The van der Waals surface area contributed by atoms with E-state index in [-0.39, 0.29) is 0 Å². The number of aromatic nitrogens is 3. The van der Waals surface area contributed by atoms with Crippen molar-refractivity contribution < 1.29 is 23.7 Å². The summed E-state index contributed by atoms with van der Waals surface area (Å²) >= 11 is 0. The van der Waals surface area contributed by atoms with Crippen LogP contribution in [0.25, 0.3) is 11.3 Å². The molecule has 0 unspecified atom stereocenters. The van der Waals surface area contributed by atoms with Gasteiger partial charge in [0.25, 0.3) is 0 Å². The molecule has 208 valence electrons. The zero-order valence-corrected chi connectivity index (χ0v) is 23.1. The number of hydrogen-bond acceptors (Lipinski definition) is 9. The Morgan fingerprint density at radius 1 is 1.02 bits per heavy atom. The second-order valence-electron chi connectivity index (χ2n) is 10.3. The summed E-state index contributed by atoms with van der Waals surface area (Å²) in [6.45, 7) is 7.68. The molecule has 40 heavy (non-hydrogen) atoms. The number of benzene rings is 2. The van der Waals surface area contributed by atoms with Crippen molar-refractivity contribution in [1.82, 2.24) is 20.1 Å². The highest BCUT2D eigenvalue weighted by molar-refractivity contribution is 5.75. The SMILES string of the molecule is COc1nc(-c2cccc3c2OCCO3)ccc1Nc1cccc(CNCc2cnn(C(=O)OC(C)(C)C)c2)c1. The van der Waals surface area contributed by atoms with Gasteiger partial charge in [0, 0.05) is 36.1 Å². The predicted molar refractivity (Wildman–Crippen MR) is 151 cm³/mol. The fourth-order valence-electron chi connectivity index (χ4n) is 4.24. The van der Waals surface area contributed by atoms with Crippen molar-refractivity contribution in [2.24, 2.45) is 0 Å². The van der Waals surface area contributed by atoms with Crippen molar-refractivity contribution in [3.05, 3.63) is 78.1 Å². The first-order valence-electron chi connectivity index (χ1n) is 13.1. The Bertz CT molecular complexity index is 1490. The van der Waals surface area contributed by atoms with Crippen LogP contribution in [-0.2, 0) is 17.8 Å². The Kier molecular flexibility index (Phi) is 7.88. The van der Waals surface area contributed by atoms with Crippen molar-refractivity contribution in [1.29, 1.82) is 0 Å². The number of carbonyl (C=O) groups excluding carboxylic acids is 1. The van der Waals surface area contributed by atoms with Gasteiger partial charge >= 0.3 is 6.09 Å². The highest BCUT2D eigenvalue weighted by Gasteiger charge is 2.20. The lowest BCUT2D eigenvalue weighted by atomic mass is 10.1. The van der Waals surface area contributed by atoms with E-state index in [9.17, 15) is 4.79 Å². The van der Waals surface area contributed by atoms with E-state index in [0.29, 0.717) is 43.7 Å². The summed E-state index contributed by atoms with van der Waals surface area (Å²) in [6.07, 6.45) is 2.83. The molecule has 0 saturated carbocycles. The maximum Gasteiger partial charge on any atom is 0.435 e. The van der Waals surface area contributed by atoms with Crippen molar-refractivity contribution >= 4 is 17.5 Å². The third-order valence-electron chi connectivity index (χ3n) is 5.98. The Labute approximate surface area is 233 Å². The van der Waals surface area contributed by atoms with Crippen LogP contribution in [0.2, 0.25) is 0 Å². The molecule has 1 aliphatic heterocycles. The molecule has 2 N–H and O–H groups in total. The van der Waals surface area contributed by atoms with Gasteiger partial charge in [0.1, 0.15) is 24.5 Å². The zero-order chi connectivity index (χ0) is 28.1. The molecule has 3 heterocycles. The van der Waals surface area contributed by atoms with Crippen LogP contribution < -0.4 is 24.8 Å². The van der Waals surface area contributed by atoms with Crippen LogP contribution in [0, 0.1) is 0 Å². The average Bonchev–Trinajstić information content (AvgIpc) is 3.42. The molecule has 10 heteroatoms. The normalized spacial score (nSPS) is 12.6. The van der Waals surface area contributed by atoms with E-state index >= 15 is 0 Å². The van der Waals surface area contributed by atoms with Crippen LogP contribution in [0.5, 0.6) is 17.4 Å². The summed E-state index contributed by atoms with van der Waals surface area (Å²) in [5.41, 5.74) is 4.62. The van der Waals surface area contributed by atoms with Gasteiger partial charge in [-0.2, -0.15) is 9.78 Å². The number of hydrogen-bond donors (Lipinski definition) is 2. The summed E-state index contributed by atoms with van der Waals surface area (Å²) < 4.78 is 23.7. The third kappa shape index (κ3) is 6.52. The quantitative estimate of drug-likeness (QED) is 0.296. The van der Waals surface area contributed by atoms with E-state index in [1.165, 1.54) is 4.68 Å². The lowest BCUT2D eigenvalue weighted by molar-refractivity contribution is 0.0514. The van der Waals surface area contributed by atoms with Gasteiger partial charge in [-0.25, -0.2) is 9.78 Å². The number of fused-ring (bicyclic) bond motifs is 1. The zero-order valence-electron chi connectivity index (χ0n) is 23.1. The first kappa shape index (κ1) is 27.0. The van der Waals surface area contributed by atoms with Crippen LogP contribution >= 0.6 is 0 Å². The molecule has 10 nitrogen and oxygen atoms in total. The lowest BCUT2D eigenvalue weighted by Gasteiger charge is -2.21. The number of para-hydroxylation sites is 1. The fourth-order valence-corrected chi connectivity index (χ4v) is 4.24. The first-order valence-corrected chi connectivity index (χ1v) is 13.1. The van der Waals surface area contributed by atoms with E-state index in [1.807, 2.05) is 69.3 Å². The molecule has 5 rings (SSSR count). The molecule has 2 aromatic heterocycles. The van der Waals surface area contributed by atoms with Crippen LogP contribution in [-0.4, -0.2) is 46.8 Å². The van der Waals surface area contributed by atoms with Gasteiger partial charge in [0.15, 0.2) is 11.5 Å². The molecule has 4 aromatic rings. The number of methoxy groups -OCH3 is 1. The number of nitrogens with one attached hydrogen (secondary N) is 2. The summed E-state index contributed by atoms with van der Waals surface area (Å²) in [7, 11) is 1.60. The molecule has 0 radical (unpaired) electrons. The van der Waals surface area contributed by atoms with Crippen LogP contribution in [0.3, 0.4) is 0 Å². The van der Waals surface area contributed by atoms with E-state index in [1.54, 1.807) is 19.5 Å². The van der Waals surface area contributed by atoms with Crippen molar-refractivity contribution in [3.63, 3.8) is 0 Å². The van der Waals surface area contributed by atoms with Gasteiger partial charge in [-0.3, -0.25) is 0 Å². The van der Waals surface area contributed by atoms with Gasteiger partial charge < -0.3 is 29.6 Å². The number of anilines is 2. The van der Waals surface area contributed by atoms with Crippen LogP contribution in [0.1, 0.15) is 31.9 Å². The van der Waals surface area contributed by atoms with Gasteiger partial charge in [0.05, 0.1) is 19.0 Å². The molecule has 2 aromatic carbocycles. The van der Waals surface area contributed by atoms with Crippen molar-refractivity contribution in [2.45, 2.75) is 39.5 Å². The maximum atomic E-state index is 12.2. The monoisotopic (exact) mass is 543 g/mol. The molecular weight excluding hydrogens is 510 g/mol. The summed E-state index contributed by atoms with van der Waals surface area (Å²) in [5.74, 6) is 1.88. The molecular formula is C30H33N5O5. The summed E-state index contributed by atoms with van der Waals surface area (Å²) in [6, 6.07) is 17.7. The van der Waals surface area contributed by atoms with Crippen LogP contribution in [0.15, 0.2) is 67.0 Å². The average molecular weight is 544 g/mol. The number of pyridine rings is 1. The fraction of sp³-hybridized carbons (Fsp3) is 0.300. The molecule has 0 spiro atoms. The molecule has 1 aliphatic rings. The molecule has 0 bridgehead atoms. The van der Waals surface area contributed by atoms with Gasteiger partial charge in [-0.05, 0) is 62.7 Å². The topological polar surface area (TPSA) is 109 Å². The molecule has 0 saturated heterocycles. The molecule has 0 aliphatic carbocycles. The van der Waals surface area contributed by atoms with Gasteiger partial charge in [-0.1, -0.05) is 18.2 Å². The predicted octanol–water partition coefficient (Wildman–Crippen LogP) is 5.54. The summed E-state index contributed by atoms with van der Waals surface area (Å²) in [4.78, 5) is 16.9. The molecule has 0 amide bonds. The first-order chi connectivity index (χ1) is 19.3. The lowest BCUT2D eigenvalue weighted by Crippen LogP contribution is -2.27. The Morgan fingerprint density at radius 2 is 1.82 bits per heavy atom. The number of nitrogens with zero attached hydrogens (tertiary/aromatic N) is 3. The Balaban J connectivity index is 1.22. The van der Waals surface area contributed by atoms with Crippen LogP contribution in [0.4, 0.5) is 16.2 Å². The minimum absolute atomic E-state index is 0.470. The van der Waals surface area contributed by atoms with E-state index in [2.05, 4.69) is 21.8 Å². The number of ether oxygens (including phenoxy) is 4. The highest BCUT2D eigenvalue weighted by atomic mass is 16.6. The van der Waals surface area contributed by atoms with E-state index in [4.69, 9.17) is 23.9 Å². The molecule has 0 atom stereocenters. The summed E-state index contributed by atoms with van der Waals surface area (Å²) in [5, 5.41) is 10.9. The molecule has 0 fully saturated rings.